The maximum absolute atomic E-state index is 15.1. The van der Waals surface area contributed by atoms with Crippen molar-refractivity contribution in [2.24, 2.45) is 5.92 Å². The second-order valence-corrected chi connectivity index (χ2v) is 11.3. The van der Waals surface area contributed by atoms with Gasteiger partial charge in [0.1, 0.15) is 17.3 Å². The number of carbonyl (C=O) groups excluding carboxylic acids is 1. The van der Waals surface area contributed by atoms with E-state index in [1.54, 1.807) is 18.2 Å². The van der Waals surface area contributed by atoms with Crippen molar-refractivity contribution in [2.45, 2.75) is 67.7 Å². The van der Waals surface area contributed by atoms with E-state index in [4.69, 9.17) is 9.72 Å². The van der Waals surface area contributed by atoms with E-state index in [2.05, 4.69) is 34.4 Å². The van der Waals surface area contributed by atoms with Gasteiger partial charge in [-0.05, 0) is 87.6 Å². The predicted octanol–water partition coefficient (Wildman–Crippen LogP) is 7.39. The summed E-state index contributed by atoms with van der Waals surface area (Å²) in [5.74, 6) is -1.41. The second-order valence-electron chi connectivity index (χ2n) is 11.3. The van der Waals surface area contributed by atoms with Crippen molar-refractivity contribution < 1.29 is 18.3 Å². The summed E-state index contributed by atoms with van der Waals surface area (Å²) in [5.41, 5.74) is 1.27. The van der Waals surface area contributed by atoms with Crippen LogP contribution in [0.1, 0.15) is 76.7 Å². The van der Waals surface area contributed by atoms with E-state index in [1.165, 1.54) is 12.1 Å². The molecular weight excluding hydrogens is 626 g/mol. The molecule has 11 heteroatoms. The lowest BCUT2D eigenvalue weighted by atomic mass is 9.98. The van der Waals surface area contributed by atoms with Crippen LogP contribution in [0.5, 0.6) is 0 Å². The van der Waals surface area contributed by atoms with Crippen LogP contribution >= 0.6 is 0 Å². The molecular formula is C38H52F2N6O3. The fourth-order valence-electron chi connectivity index (χ4n) is 5.67. The van der Waals surface area contributed by atoms with Crippen molar-refractivity contribution >= 4 is 22.9 Å². The number of hydrogen-bond acceptors (Lipinski definition) is 7. The number of ether oxygens (including phenoxy) is 1. The van der Waals surface area contributed by atoms with Crippen LogP contribution in [-0.4, -0.2) is 71.3 Å². The Bertz CT molecular complexity index is 1700. The number of pyridine rings is 1. The molecule has 3 heterocycles. The first-order valence-electron chi connectivity index (χ1n) is 17.6. The lowest BCUT2D eigenvalue weighted by Gasteiger charge is -2.22. The van der Waals surface area contributed by atoms with Crippen molar-refractivity contribution in [3.63, 3.8) is 0 Å². The van der Waals surface area contributed by atoms with Crippen LogP contribution in [0.3, 0.4) is 0 Å². The third-order valence-electron chi connectivity index (χ3n) is 8.39. The molecule has 0 saturated carbocycles. The van der Waals surface area contributed by atoms with Crippen LogP contribution in [0.4, 0.5) is 14.7 Å². The number of nitrogens with one attached hydrogen (secondary N) is 2. The van der Waals surface area contributed by atoms with Gasteiger partial charge in [-0.2, -0.15) is 4.98 Å². The molecule has 5 rings (SSSR count). The highest BCUT2D eigenvalue weighted by molar-refractivity contribution is 5.98. The van der Waals surface area contributed by atoms with Crippen LogP contribution in [-0.2, 0) is 4.74 Å². The van der Waals surface area contributed by atoms with Gasteiger partial charge in [-0.15, -0.1) is 0 Å². The van der Waals surface area contributed by atoms with Gasteiger partial charge in [-0.25, -0.2) is 13.8 Å². The Hall–Kier alpha value is -4.22. The number of hydrogen-bond donors (Lipinski definition) is 2. The normalized spacial score (nSPS) is 12.9. The zero-order chi connectivity index (χ0) is 35.9. The van der Waals surface area contributed by atoms with E-state index in [-0.39, 0.29) is 17.5 Å². The van der Waals surface area contributed by atoms with E-state index in [0.29, 0.717) is 54.4 Å². The van der Waals surface area contributed by atoms with Gasteiger partial charge < -0.3 is 20.3 Å². The van der Waals surface area contributed by atoms with Crippen LogP contribution in [0.15, 0.2) is 53.3 Å². The Balaban J connectivity index is 0.00000157. The summed E-state index contributed by atoms with van der Waals surface area (Å²) in [4.78, 5) is 38.2. The molecule has 0 aliphatic carbocycles. The van der Waals surface area contributed by atoms with Gasteiger partial charge in [0.05, 0.1) is 5.69 Å². The number of benzene rings is 2. The van der Waals surface area contributed by atoms with Crippen molar-refractivity contribution in [2.75, 3.05) is 51.3 Å². The number of fused-ring (bicyclic) bond motifs is 1. The number of rotatable bonds is 12. The van der Waals surface area contributed by atoms with Gasteiger partial charge >= 0.3 is 0 Å². The van der Waals surface area contributed by atoms with E-state index in [1.807, 2.05) is 40.7 Å². The highest BCUT2D eigenvalue weighted by Gasteiger charge is 2.22. The third kappa shape index (κ3) is 9.92. The van der Waals surface area contributed by atoms with Gasteiger partial charge in [0, 0.05) is 48.9 Å². The Kier molecular flexibility index (Phi) is 15.8. The van der Waals surface area contributed by atoms with E-state index < -0.39 is 22.9 Å². The molecule has 9 nitrogen and oxygen atoms in total. The van der Waals surface area contributed by atoms with Crippen molar-refractivity contribution in [3.8, 4) is 16.9 Å². The Morgan fingerprint density at radius 2 is 1.65 bits per heavy atom. The minimum absolute atomic E-state index is 0.0523. The highest BCUT2D eigenvalue weighted by atomic mass is 19.1. The van der Waals surface area contributed by atoms with E-state index in [9.17, 15) is 9.59 Å². The summed E-state index contributed by atoms with van der Waals surface area (Å²) < 4.78 is 36.5. The van der Waals surface area contributed by atoms with Gasteiger partial charge in [-0.1, -0.05) is 53.7 Å². The van der Waals surface area contributed by atoms with Gasteiger partial charge in [0.15, 0.2) is 5.65 Å². The molecule has 1 aliphatic heterocycles. The summed E-state index contributed by atoms with van der Waals surface area (Å²) in [6.07, 6.45) is 2.62. The van der Waals surface area contributed by atoms with Crippen LogP contribution in [0.2, 0.25) is 0 Å². The molecule has 0 bridgehead atoms. The number of nitrogens with zero attached hydrogens (tertiary/aromatic N) is 4. The van der Waals surface area contributed by atoms with Gasteiger partial charge in [0.25, 0.3) is 11.5 Å². The minimum atomic E-state index is -0.891. The summed E-state index contributed by atoms with van der Waals surface area (Å²) in [5, 5.41) is 6.71. The Labute approximate surface area is 289 Å². The third-order valence-corrected chi connectivity index (χ3v) is 8.39. The zero-order valence-electron chi connectivity index (χ0n) is 30.0. The predicted molar refractivity (Wildman–Crippen MR) is 195 cm³/mol. The molecule has 0 unspecified atom stereocenters. The number of amides is 1. The molecule has 2 aromatic carbocycles. The molecule has 1 fully saturated rings. The Morgan fingerprint density at radius 3 is 2.31 bits per heavy atom. The lowest BCUT2D eigenvalue weighted by molar-refractivity contribution is 0.0642. The Morgan fingerprint density at radius 1 is 0.980 bits per heavy atom. The van der Waals surface area contributed by atoms with Crippen molar-refractivity contribution in [1.29, 1.82) is 0 Å². The molecule has 1 saturated heterocycles. The fourth-order valence-corrected chi connectivity index (χ4v) is 5.67. The summed E-state index contributed by atoms with van der Waals surface area (Å²) in [6.45, 7) is 19.4. The number of aromatic nitrogens is 3. The van der Waals surface area contributed by atoms with Crippen molar-refractivity contribution in [3.05, 3.63) is 81.6 Å². The molecule has 49 heavy (non-hydrogen) atoms. The second kappa shape index (κ2) is 19.7. The number of para-hydroxylation sites is 1. The summed E-state index contributed by atoms with van der Waals surface area (Å²) >= 11 is 0. The summed E-state index contributed by atoms with van der Waals surface area (Å²) in [6, 6.07) is 11.6. The van der Waals surface area contributed by atoms with E-state index >= 15 is 8.78 Å². The quantitative estimate of drug-likeness (QED) is 0.151. The molecule has 4 aromatic rings. The van der Waals surface area contributed by atoms with Crippen LogP contribution in [0, 0.1) is 24.5 Å². The lowest BCUT2D eigenvalue weighted by Crippen LogP contribution is -2.32. The molecule has 1 aliphatic rings. The first-order valence-corrected chi connectivity index (χ1v) is 17.6. The SMILES string of the molecule is CC.CC.CCN(CC)CCCNc1nc(-c2cc(C(=O)NCC3CCOCC3)ccc2C)c2ccc(=O)n(-c3c(F)cccc3F)c2n1. The monoisotopic (exact) mass is 678 g/mol. The molecule has 0 spiro atoms. The zero-order valence-corrected chi connectivity index (χ0v) is 30.0. The summed E-state index contributed by atoms with van der Waals surface area (Å²) in [7, 11) is 0. The van der Waals surface area contributed by atoms with Crippen LogP contribution < -0.4 is 16.2 Å². The van der Waals surface area contributed by atoms with E-state index in [0.717, 1.165) is 61.2 Å². The van der Waals surface area contributed by atoms with Crippen molar-refractivity contribution in [1.82, 2.24) is 24.8 Å². The first kappa shape index (κ1) is 39.2. The maximum Gasteiger partial charge on any atom is 0.256 e. The molecule has 2 aromatic heterocycles. The average molecular weight is 679 g/mol. The van der Waals surface area contributed by atoms with Gasteiger partial charge in [0.2, 0.25) is 5.95 Å². The highest BCUT2D eigenvalue weighted by Crippen LogP contribution is 2.32. The minimum Gasteiger partial charge on any atom is -0.381 e. The number of aryl methyl sites for hydroxylation is 1. The number of halogens is 2. The fraction of sp³-hybridized carbons (Fsp3) is 0.474. The first-order chi connectivity index (χ1) is 23.8. The molecule has 2 N–H and O–H groups in total. The largest absolute Gasteiger partial charge is 0.381 e. The van der Waals surface area contributed by atoms with Gasteiger partial charge in [-0.3, -0.25) is 14.2 Å². The van der Waals surface area contributed by atoms with Crippen LogP contribution in [0.25, 0.3) is 28.0 Å². The average Bonchev–Trinajstić information content (AvgIpc) is 3.13. The smallest absolute Gasteiger partial charge is 0.256 e. The topological polar surface area (TPSA) is 101 Å². The maximum atomic E-state index is 15.1. The standard InChI is InChI=1S/C34H40F2N6O3.2C2H6/c1-4-41(5-2)17-7-16-37-34-39-30(25-12-13-29(43)42(32(25)40-34)31-27(35)8-6-9-28(31)36)26-20-24(11-10-22(26)3)33(44)38-21-23-14-18-45-19-15-23;2*1-2/h6,8-13,20,23H,4-5,7,14-19,21H2,1-3H3,(H,38,44)(H,37,39,40);2*1-2H3. The molecule has 1 amide bonds. The molecule has 0 atom stereocenters. The number of carbonyl (C=O) groups is 1. The molecule has 266 valence electrons. The number of anilines is 1. The molecule has 0 radical (unpaired) electrons.